The van der Waals surface area contributed by atoms with Gasteiger partial charge in [-0.3, -0.25) is 0 Å². The van der Waals surface area contributed by atoms with Gasteiger partial charge in [0.2, 0.25) is 0 Å². The summed E-state index contributed by atoms with van der Waals surface area (Å²) >= 11 is 5.01. The molecular formula is C13H9BrFNOS. The van der Waals surface area contributed by atoms with E-state index in [1.54, 1.807) is 23.5 Å². The highest BCUT2D eigenvalue weighted by molar-refractivity contribution is 9.10. The molecule has 3 aromatic rings. The number of hydrogen-bond acceptors (Lipinski definition) is 3. The van der Waals surface area contributed by atoms with Gasteiger partial charge in [0.05, 0.1) is 6.04 Å². The molecule has 3 rings (SSSR count). The molecule has 1 atom stereocenters. The number of furan rings is 1. The van der Waals surface area contributed by atoms with Crippen LogP contribution in [0.15, 0.2) is 44.6 Å². The minimum atomic E-state index is -0.338. The van der Waals surface area contributed by atoms with Gasteiger partial charge < -0.3 is 10.2 Å². The van der Waals surface area contributed by atoms with E-state index in [0.717, 1.165) is 14.7 Å². The molecule has 0 fully saturated rings. The molecule has 2 heterocycles. The van der Waals surface area contributed by atoms with Crippen molar-refractivity contribution in [3.63, 3.8) is 0 Å². The predicted octanol–water partition coefficient (Wildman–Crippen LogP) is 4.44. The Hall–Kier alpha value is -1.17. The first kappa shape index (κ1) is 11.9. The molecule has 2 aromatic heterocycles. The summed E-state index contributed by atoms with van der Waals surface area (Å²) < 4.78 is 19.7. The van der Waals surface area contributed by atoms with Crippen molar-refractivity contribution in [2.24, 2.45) is 5.73 Å². The normalized spacial score (nSPS) is 13.1. The Balaban J connectivity index is 2.07. The second-order valence-corrected chi connectivity index (χ2v) is 5.74. The van der Waals surface area contributed by atoms with Crippen LogP contribution in [-0.4, -0.2) is 0 Å². The summed E-state index contributed by atoms with van der Waals surface area (Å²) in [6.45, 7) is 0. The van der Waals surface area contributed by atoms with Crippen molar-refractivity contribution in [3.05, 3.63) is 56.6 Å². The minimum Gasteiger partial charge on any atom is -0.459 e. The van der Waals surface area contributed by atoms with Crippen LogP contribution in [0.3, 0.4) is 0 Å². The van der Waals surface area contributed by atoms with Gasteiger partial charge in [-0.15, -0.1) is 11.3 Å². The molecule has 1 aromatic carbocycles. The van der Waals surface area contributed by atoms with E-state index in [-0.39, 0.29) is 11.9 Å². The first-order valence-electron chi connectivity index (χ1n) is 5.32. The highest BCUT2D eigenvalue weighted by Crippen LogP contribution is 2.34. The standard InChI is InChI=1S/C13H9BrFNOS/c14-9-3-4-18-13(9)12(16)11-6-7-5-8(15)1-2-10(7)17-11/h1-6,12H,16H2. The average molecular weight is 326 g/mol. The third-order valence-corrected chi connectivity index (χ3v) is 4.69. The Kier molecular flexibility index (Phi) is 2.97. The van der Waals surface area contributed by atoms with Gasteiger partial charge in [-0.2, -0.15) is 0 Å². The lowest BCUT2D eigenvalue weighted by Gasteiger charge is -2.06. The largest absolute Gasteiger partial charge is 0.459 e. The fourth-order valence-corrected chi connectivity index (χ4v) is 3.47. The van der Waals surface area contributed by atoms with E-state index in [0.29, 0.717) is 11.3 Å². The number of nitrogens with two attached hydrogens (primary N) is 1. The molecule has 0 bridgehead atoms. The van der Waals surface area contributed by atoms with Crippen molar-refractivity contribution < 1.29 is 8.81 Å². The van der Waals surface area contributed by atoms with Gasteiger partial charge in [0.1, 0.15) is 17.2 Å². The van der Waals surface area contributed by atoms with E-state index in [2.05, 4.69) is 15.9 Å². The van der Waals surface area contributed by atoms with E-state index < -0.39 is 0 Å². The Bertz CT molecular complexity index is 706. The van der Waals surface area contributed by atoms with Crippen molar-refractivity contribution in [1.82, 2.24) is 0 Å². The number of halogens is 2. The monoisotopic (exact) mass is 325 g/mol. The summed E-state index contributed by atoms with van der Waals surface area (Å²) in [6, 6.07) is 7.83. The number of fused-ring (bicyclic) bond motifs is 1. The van der Waals surface area contributed by atoms with Crippen LogP contribution >= 0.6 is 27.3 Å². The van der Waals surface area contributed by atoms with Crippen LogP contribution in [0.1, 0.15) is 16.7 Å². The lowest BCUT2D eigenvalue weighted by molar-refractivity contribution is 0.526. The number of thiophene rings is 1. The van der Waals surface area contributed by atoms with Gasteiger partial charge >= 0.3 is 0 Å². The SMILES string of the molecule is NC(c1cc2cc(F)ccc2o1)c1sccc1Br. The van der Waals surface area contributed by atoms with Crippen molar-refractivity contribution in [3.8, 4) is 0 Å². The molecule has 0 radical (unpaired) electrons. The smallest absolute Gasteiger partial charge is 0.134 e. The van der Waals surface area contributed by atoms with Crippen LogP contribution in [0.4, 0.5) is 4.39 Å². The molecule has 5 heteroatoms. The van der Waals surface area contributed by atoms with Gasteiger partial charge in [0.15, 0.2) is 0 Å². The van der Waals surface area contributed by atoms with E-state index in [1.165, 1.54) is 12.1 Å². The summed E-state index contributed by atoms with van der Waals surface area (Å²) in [7, 11) is 0. The molecule has 2 nitrogen and oxygen atoms in total. The van der Waals surface area contributed by atoms with Crippen molar-refractivity contribution in [1.29, 1.82) is 0 Å². The fraction of sp³-hybridized carbons (Fsp3) is 0.0769. The molecule has 0 aliphatic rings. The molecule has 0 saturated carbocycles. The summed E-state index contributed by atoms with van der Waals surface area (Å²) in [5.41, 5.74) is 6.80. The van der Waals surface area contributed by atoms with E-state index in [9.17, 15) is 4.39 Å². The third-order valence-electron chi connectivity index (χ3n) is 2.73. The molecule has 0 spiro atoms. The molecule has 0 aliphatic heterocycles. The van der Waals surface area contributed by atoms with E-state index >= 15 is 0 Å². The lowest BCUT2D eigenvalue weighted by Crippen LogP contribution is -2.09. The van der Waals surface area contributed by atoms with Crippen LogP contribution in [0.2, 0.25) is 0 Å². The lowest BCUT2D eigenvalue weighted by atomic mass is 10.2. The molecule has 1 unspecified atom stereocenters. The minimum absolute atomic E-state index is 0.277. The molecule has 0 amide bonds. The Morgan fingerprint density at radius 1 is 1.28 bits per heavy atom. The maximum Gasteiger partial charge on any atom is 0.134 e. The molecule has 92 valence electrons. The van der Waals surface area contributed by atoms with Crippen LogP contribution < -0.4 is 5.73 Å². The van der Waals surface area contributed by atoms with Crippen molar-refractivity contribution >= 4 is 38.2 Å². The maximum absolute atomic E-state index is 13.1. The van der Waals surface area contributed by atoms with E-state index in [4.69, 9.17) is 10.2 Å². The second-order valence-electron chi connectivity index (χ2n) is 3.94. The van der Waals surface area contributed by atoms with Gasteiger partial charge in [0, 0.05) is 14.7 Å². The predicted molar refractivity (Wildman–Crippen MR) is 74.2 cm³/mol. The molecule has 2 N–H and O–H groups in total. The first-order chi connectivity index (χ1) is 8.65. The van der Waals surface area contributed by atoms with Crippen LogP contribution in [0, 0.1) is 5.82 Å². The molecule has 0 aliphatic carbocycles. The summed E-state index contributed by atoms with van der Waals surface area (Å²) in [5, 5.41) is 2.69. The fourth-order valence-electron chi connectivity index (χ4n) is 1.84. The Morgan fingerprint density at radius 3 is 2.83 bits per heavy atom. The second kappa shape index (κ2) is 4.50. The zero-order valence-corrected chi connectivity index (χ0v) is 11.6. The van der Waals surface area contributed by atoms with E-state index in [1.807, 2.05) is 11.4 Å². The van der Waals surface area contributed by atoms with Crippen LogP contribution in [0.25, 0.3) is 11.0 Å². The first-order valence-corrected chi connectivity index (χ1v) is 7.00. The third kappa shape index (κ3) is 1.98. The molecular weight excluding hydrogens is 317 g/mol. The number of rotatable bonds is 2. The zero-order chi connectivity index (χ0) is 12.7. The number of benzene rings is 1. The zero-order valence-electron chi connectivity index (χ0n) is 9.19. The summed E-state index contributed by atoms with van der Waals surface area (Å²) in [4.78, 5) is 0.995. The summed E-state index contributed by atoms with van der Waals surface area (Å²) in [5.74, 6) is 0.361. The highest BCUT2D eigenvalue weighted by Gasteiger charge is 2.18. The van der Waals surface area contributed by atoms with Crippen molar-refractivity contribution in [2.75, 3.05) is 0 Å². The van der Waals surface area contributed by atoms with Gasteiger partial charge in [-0.05, 0) is 51.6 Å². The Morgan fingerprint density at radius 2 is 2.11 bits per heavy atom. The molecule has 18 heavy (non-hydrogen) atoms. The van der Waals surface area contributed by atoms with Crippen molar-refractivity contribution in [2.45, 2.75) is 6.04 Å². The van der Waals surface area contributed by atoms with Gasteiger partial charge in [-0.1, -0.05) is 0 Å². The topological polar surface area (TPSA) is 39.2 Å². The Labute approximate surface area is 115 Å². The van der Waals surface area contributed by atoms with Gasteiger partial charge in [0.25, 0.3) is 0 Å². The number of hydrogen-bond donors (Lipinski definition) is 1. The highest BCUT2D eigenvalue weighted by atomic mass is 79.9. The quantitative estimate of drug-likeness (QED) is 0.756. The van der Waals surface area contributed by atoms with Gasteiger partial charge in [-0.25, -0.2) is 4.39 Å². The van der Waals surface area contributed by atoms with Crippen LogP contribution in [0.5, 0.6) is 0 Å². The molecule has 0 saturated heterocycles. The van der Waals surface area contributed by atoms with Crippen LogP contribution in [-0.2, 0) is 0 Å². The summed E-state index contributed by atoms with van der Waals surface area (Å²) in [6.07, 6.45) is 0. The maximum atomic E-state index is 13.1. The average Bonchev–Trinajstić information content (AvgIpc) is 2.93.